The summed E-state index contributed by atoms with van der Waals surface area (Å²) >= 11 is 0. The number of carbonyl (C=O) groups excluding carboxylic acids is 1. The van der Waals surface area contributed by atoms with Crippen molar-refractivity contribution in [2.24, 2.45) is 0 Å². The van der Waals surface area contributed by atoms with Crippen molar-refractivity contribution < 1.29 is 9.53 Å². The Kier molecular flexibility index (Phi) is 4.38. The molecule has 1 rings (SSSR count). The van der Waals surface area contributed by atoms with Crippen LogP contribution in [0.4, 0.5) is 4.79 Å². The molecule has 0 saturated carbocycles. The molecule has 18 heavy (non-hydrogen) atoms. The summed E-state index contributed by atoms with van der Waals surface area (Å²) in [5.74, 6) is 2.54. The summed E-state index contributed by atoms with van der Waals surface area (Å²) in [7, 11) is 0. The highest BCUT2D eigenvalue weighted by atomic mass is 16.6. The first-order chi connectivity index (χ1) is 8.33. The summed E-state index contributed by atoms with van der Waals surface area (Å²) in [6.07, 6.45) is 8.13. The number of imidazole rings is 1. The average Bonchev–Trinajstić information content (AvgIpc) is 2.63. The lowest BCUT2D eigenvalue weighted by atomic mass is 10.2. The highest BCUT2D eigenvalue weighted by Gasteiger charge is 2.19. The Morgan fingerprint density at radius 1 is 1.67 bits per heavy atom. The van der Waals surface area contributed by atoms with Crippen LogP contribution in [0, 0.1) is 12.3 Å². The molecule has 0 spiro atoms. The number of aromatic nitrogens is 2. The van der Waals surface area contributed by atoms with Gasteiger partial charge in [0.2, 0.25) is 0 Å². The number of ether oxygens (including phenoxy) is 1. The van der Waals surface area contributed by atoms with E-state index in [1.165, 1.54) is 0 Å². The minimum atomic E-state index is -0.511. The van der Waals surface area contributed by atoms with Gasteiger partial charge < -0.3 is 14.6 Å². The fourth-order valence-corrected chi connectivity index (χ4v) is 1.48. The molecule has 1 atom stereocenters. The van der Waals surface area contributed by atoms with Gasteiger partial charge in [-0.15, -0.1) is 6.42 Å². The van der Waals surface area contributed by atoms with E-state index in [1.807, 2.05) is 32.3 Å². The first kappa shape index (κ1) is 14.1. The van der Waals surface area contributed by atoms with E-state index in [0.717, 1.165) is 5.69 Å². The second-order valence-corrected chi connectivity index (χ2v) is 5.02. The van der Waals surface area contributed by atoms with Crippen LogP contribution in [0.3, 0.4) is 0 Å². The van der Waals surface area contributed by atoms with Crippen LogP contribution in [0.2, 0.25) is 0 Å². The van der Waals surface area contributed by atoms with E-state index in [9.17, 15) is 4.79 Å². The highest BCUT2D eigenvalue weighted by molar-refractivity contribution is 5.68. The van der Waals surface area contributed by atoms with E-state index >= 15 is 0 Å². The van der Waals surface area contributed by atoms with Gasteiger partial charge in [0.25, 0.3) is 0 Å². The first-order valence-corrected chi connectivity index (χ1v) is 5.76. The van der Waals surface area contributed by atoms with E-state index < -0.39 is 11.7 Å². The predicted octanol–water partition coefficient (Wildman–Crippen LogP) is 2.10. The van der Waals surface area contributed by atoms with E-state index in [-0.39, 0.29) is 6.04 Å². The fraction of sp³-hybridized carbons (Fsp3) is 0.538. The van der Waals surface area contributed by atoms with Crippen LogP contribution in [0.25, 0.3) is 0 Å². The van der Waals surface area contributed by atoms with E-state index in [1.54, 1.807) is 12.5 Å². The Labute approximate surface area is 108 Å². The molecule has 5 heteroatoms. The Bertz CT molecular complexity index is 452. The third-order valence-electron chi connectivity index (χ3n) is 2.18. The number of alkyl carbamates (subject to hydrolysis) is 1. The number of carbonyl (C=O) groups is 1. The molecule has 1 N–H and O–H groups in total. The largest absolute Gasteiger partial charge is 0.444 e. The van der Waals surface area contributed by atoms with Gasteiger partial charge >= 0.3 is 6.09 Å². The number of hydrogen-bond acceptors (Lipinski definition) is 3. The van der Waals surface area contributed by atoms with Gasteiger partial charge in [0.1, 0.15) is 5.60 Å². The second-order valence-electron chi connectivity index (χ2n) is 5.02. The van der Waals surface area contributed by atoms with Crippen LogP contribution in [0.1, 0.15) is 39.4 Å². The number of terminal acetylenes is 1. The third-order valence-corrected chi connectivity index (χ3v) is 2.18. The second kappa shape index (κ2) is 5.58. The zero-order valence-corrected chi connectivity index (χ0v) is 11.2. The minimum absolute atomic E-state index is 0.212. The van der Waals surface area contributed by atoms with Crippen LogP contribution in [0.5, 0.6) is 0 Å². The highest BCUT2D eigenvalue weighted by Crippen LogP contribution is 2.13. The zero-order chi connectivity index (χ0) is 13.8. The molecule has 0 saturated heterocycles. The maximum absolute atomic E-state index is 11.6. The Hall–Kier alpha value is -1.96. The number of nitrogens with one attached hydrogen (secondary N) is 1. The van der Waals surface area contributed by atoms with Crippen molar-refractivity contribution in [1.29, 1.82) is 0 Å². The lowest BCUT2D eigenvalue weighted by Gasteiger charge is -2.22. The fourth-order valence-electron chi connectivity index (χ4n) is 1.48. The molecule has 1 heterocycles. The standard InChI is InChI=1S/C13H19N3O2/c1-6-7-16-9-14-8-11(16)10(2)15-12(17)18-13(3,4)5/h1,8-10H,7H2,2-5H3,(H,15,17)/t10-/m1/s1. The molecule has 0 bridgehead atoms. The molecule has 5 nitrogen and oxygen atoms in total. The zero-order valence-electron chi connectivity index (χ0n) is 11.2. The summed E-state index contributed by atoms with van der Waals surface area (Å²) in [4.78, 5) is 15.6. The van der Waals surface area contributed by atoms with Gasteiger partial charge in [0.15, 0.2) is 0 Å². The maximum Gasteiger partial charge on any atom is 0.408 e. The maximum atomic E-state index is 11.6. The normalized spacial score (nSPS) is 12.6. The van der Waals surface area contributed by atoms with E-state index in [0.29, 0.717) is 6.54 Å². The van der Waals surface area contributed by atoms with Gasteiger partial charge in [0.05, 0.1) is 30.8 Å². The number of rotatable bonds is 3. The molecule has 1 amide bonds. The Balaban J connectivity index is 2.65. The summed E-state index contributed by atoms with van der Waals surface area (Å²) in [5.41, 5.74) is 0.335. The Morgan fingerprint density at radius 2 is 2.33 bits per heavy atom. The molecule has 0 aliphatic carbocycles. The van der Waals surface area contributed by atoms with Gasteiger partial charge in [-0.1, -0.05) is 5.92 Å². The Morgan fingerprint density at radius 3 is 2.89 bits per heavy atom. The molecule has 1 aromatic rings. The van der Waals surface area contributed by atoms with Crippen molar-refractivity contribution in [2.75, 3.05) is 0 Å². The molecule has 0 fully saturated rings. The van der Waals surface area contributed by atoms with Crippen molar-refractivity contribution in [3.63, 3.8) is 0 Å². The predicted molar refractivity (Wildman–Crippen MR) is 68.8 cm³/mol. The minimum Gasteiger partial charge on any atom is -0.444 e. The van der Waals surface area contributed by atoms with Crippen molar-refractivity contribution >= 4 is 6.09 Å². The molecule has 0 aliphatic rings. The van der Waals surface area contributed by atoms with Crippen molar-refractivity contribution in [3.05, 3.63) is 18.2 Å². The SMILES string of the molecule is C#CCn1cncc1[C@@H](C)NC(=O)OC(C)(C)C. The monoisotopic (exact) mass is 249 g/mol. The molecule has 98 valence electrons. The van der Waals surface area contributed by atoms with Gasteiger partial charge in [-0.3, -0.25) is 0 Å². The topological polar surface area (TPSA) is 56.2 Å². The number of amides is 1. The van der Waals surface area contributed by atoms with Gasteiger partial charge in [-0.05, 0) is 27.7 Å². The smallest absolute Gasteiger partial charge is 0.408 e. The molecular weight excluding hydrogens is 230 g/mol. The summed E-state index contributed by atoms with van der Waals surface area (Å²) in [6.45, 7) is 7.74. The van der Waals surface area contributed by atoms with Crippen LogP contribution >= 0.6 is 0 Å². The molecule has 0 unspecified atom stereocenters. The summed E-state index contributed by atoms with van der Waals surface area (Å²) in [5, 5.41) is 2.75. The number of nitrogens with zero attached hydrogens (tertiary/aromatic N) is 2. The third kappa shape index (κ3) is 4.13. The summed E-state index contributed by atoms with van der Waals surface area (Å²) < 4.78 is 6.99. The van der Waals surface area contributed by atoms with Crippen LogP contribution in [0.15, 0.2) is 12.5 Å². The lowest BCUT2D eigenvalue weighted by molar-refractivity contribution is 0.0506. The van der Waals surface area contributed by atoms with Crippen LogP contribution < -0.4 is 5.32 Å². The van der Waals surface area contributed by atoms with Gasteiger partial charge in [0, 0.05) is 0 Å². The van der Waals surface area contributed by atoms with Crippen molar-refractivity contribution in [3.8, 4) is 12.3 Å². The van der Waals surface area contributed by atoms with E-state index in [2.05, 4.69) is 16.2 Å². The van der Waals surface area contributed by atoms with Crippen molar-refractivity contribution in [2.45, 2.75) is 45.9 Å². The lowest BCUT2D eigenvalue weighted by Crippen LogP contribution is -2.34. The average molecular weight is 249 g/mol. The molecule has 0 radical (unpaired) electrons. The number of hydrogen-bond donors (Lipinski definition) is 1. The first-order valence-electron chi connectivity index (χ1n) is 5.76. The van der Waals surface area contributed by atoms with Crippen LogP contribution in [-0.2, 0) is 11.3 Å². The molecule has 0 aliphatic heterocycles. The van der Waals surface area contributed by atoms with Crippen molar-refractivity contribution in [1.82, 2.24) is 14.9 Å². The van der Waals surface area contributed by atoms with Gasteiger partial charge in [-0.25, -0.2) is 9.78 Å². The molecule has 0 aromatic carbocycles. The van der Waals surface area contributed by atoms with Crippen LogP contribution in [-0.4, -0.2) is 21.2 Å². The van der Waals surface area contributed by atoms with Gasteiger partial charge in [-0.2, -0.15) is 0 Å². The molecular formula is C13H19N3O2. The molecule has 1 aromatic heterocycles. The quantitative estimate of drug-likeness (QED) is 0.835. The van der Waals surface area contributed by atoms with E-state index in [4.69, 9.17) is 11.2 Å². The summed E-state index contributed by atoms with van der Waals surface area (Å²) in [6, 6.07) is -0.212.